The number of nitriles is 1. The minimum absolute atomic E-state index is 0. The van der Waals surface area contributed by atoms with Crippen LogP contribution in [-0.4, -0.2) is 79.9 Å². The number of H-pyrrole nitrogens is 1. The summed E-state index contributed by atoms with van der Waals surface area (Å²) in [6.07, 6.45) is 4.79. The number of benzene rings is 3. The molecule has 0 atom stereocenters. The number of aromatic nitrogens is 9. The average molecular weight is 1010 g/mol. The SMILES string of the molecule is ClCc1ccc2ncc(Cl)cc2c1.N#Cc1cc(C(=O)O)n(Cc2ccc3ncc(Cl)cc3c2)n1.[C-]#[N+]c1cc(C(=O)O)nn1Cc1ccc2ncc(Cl)cc2c1.[C-]#[N+]c1cc(C(=O)OC)n[nH]1.[H-].[Na+]. The van der Waals surface area contributed by atoms with Crippen molar-refractivity contribution in [3.8, 4) is 6.07 Å². The van der Waals surface area contributed by atoms with Crippen LogP contribution in [-0.2, 0) is 23.7 Å². The summed E-state index contributed by atoms with van der Waals surface area (Å²) in [6.45, 7) is 14.2. The van der Waals surface area contributed by atoms with E-state index in [9.17, 15) is 14.4 Å². The maximum Gasteiger partial charge on any atom is 1.00 e. The number of carbonyl (C=O) groups excluding carboxylic acids is 1. The Hall–Kier alpha value is -7.44. The van der Waals surface area contributed by atoms with E-state index >= 15 is 0 Å². The van der Waals surface area contributed by atoms with Gasteiger partial charge < -0.3 is 26.1 Å². The first-order chi connectivity index (χ1) is 32.7. The second-order valence-electron chi connectivity index (χ2n) is 13.9. The number of carboxylic acids is 2. The predicted molar refractivity (Wildman–Crippen MR) is 255 cm³/mol. The zero-order valence-electron chi connectivity index (χ0n) is 37.0. The van der Waals surface area contributed by atoms with Gasteiger partial charge in [-0.2, -0.15) is 15.0 Å². The molecule has 0 aliphatic carbocycles. The van der Waals surface area contributed by atoms with Crippen LogP contribution in [0.3, 0.4) is 0 Å². The van der Waals surface area contributed by atoms with Crippen molar-refractivity contribution < 1.29 is 60.3 Å². The van der Waals surface area contributed by atoms with Gasteiger partial charge in [0.1, 0.15) is 18.3 Å². The number of carboxylic acid groups (broad SMARTS) is 2. The molecule has 0 amide bonds. The van der Waals surface area contributed by atoms with Crippen LogP contribution >= 0.6 is 46.4 Å². The van der Waals surface area contributed by atoms with Crippen molar-refractivity contribution >= 4 is 109 Å². The Morgan fingerprint density at radius 2 is 1.22 bits per heavy atom. The number of pyridine rings is 3. The summed E-state index contributed by atoms with van der Waals surface area (Å²) >= 11 is 23.4. The Labute approximate surface area is 435 Å². The molecule has 0 unspecified atom stereocenters. The molecule has 0 spiro atoms. The molecule has 0 bridgehead atoms. The number of hydrogen-bond donors (Lipinski definition) is 3. The van der Waals surface area contributed by atoms with Gasteiger partial charge in [-0.1, -0.05) is 76.3 Å². The Balaban J connectivity index is 0.000000209. The van der Waals surface area contributed by atoms with Crippen molar-refractivity contribution in [2.24, 2.45) is 0 Å². The number of aromatic carboxylic acids is 2. The molecule has 23 heteroatoms. The van der Waals surface area contributed by atoms with E-state index in [1.165, 1.54) is 34.7 Å². The van der Waals surface area contributed by atoms with Crippen molar-refractivity contribution in [1.29, 1.82) is 5.26 Å². The second-order valence-corrected chi connectivity index (χ2v) is 15.4. The number of esters is 1. The van der Waals surface area contributed by atoms with E-state index in [0.717, 1.165) is 49.4 Å². The summed E-state index contributed by atoms with van der Waals surface area (Å²) in [5.41, 5.74) is 5.37. The van der Waals surface area contributed by atoms with Crippen molar-refractivity contribution in [2.75, 3.05) is 7.11 Å². The monoisotopic (exact) mass is 1010 g/mol. The summed E-state index contributed by atoms with van der Waals surface area (Å²) in [6, 6.07) is 28.2. The Morgan fingerprint density at radius 3 is 1.65 bits per heavy atom. The van der Waals surface area contributed by atoms with Crippen molar-refractivity contribution in [2.45, 2.75) is 19.0 Å². The molecule has 3 N–H and O–H groups in total. The number of ether oxygens (including phenoxy) is 1. The number of fused-ring (bicyclic) bond motifs is 3. The summed E-state index contributed by atoms with van der Waals surface area (Å²) in [7, 11) is 1.26. The Kier molecular flexibility index (Phi) is 18.7. The molecular weight excluding hydrogens is 981 g/mol. The van der Waals surface area contributed by atoms with E-state index in [0.29, 0.717) is 27.5 Å². The van der Waals surface area contributed by atoms with Crippen LogP contribution in [0.15, 0.2) is 110 Å². The zero-order chi connectivity index (χ0) is 48.9. The third-order valence-electron chi connectivity index (χ3n) is 9.24. The van der Waals surface area contributed by atoms with E-state index in [2.05, 4.69) is 49.8 Å². The van der Waals surface area contributed by atoms with Gasteiger partial charge in [-0.25, -0.2) is 19.5 Å². The molecule has 0 saturated heterocycles. The third-order valence-corrected chi connectivity index (χ3v) is 10.2. The van der Waals surface area contributed by atoms with Gasteiger partial charge in [0.05, 0.1) is 45.3 Å². The molecule has 0 radical (unpaired) electrons. The largest absolute Gasteiger partial charge is 1.00 e. The first-order valence-corrected chi connectivity index (χ1v) is 21.0. The number of carbonyl (C=O) groups is 3. The fourth-order valence-corrected chi connectivity index (χ4v) is 6.81. The molecule has 6 aromatic heterocycles. The normalized spacial score (nSPS) is 10.1. The summed E-state index contributed by atoms with van der Waals surface area (Å²) in [4.78, 5) is 51.8. The number of nitrogens with zero attached hydrogens (tertiary/aromatic N) is 11. The van der Waals surface area contributed by atoms with Gasteiger partial charge in [0.2, 0.25) is 0 Å². The van der Waals surface area contributed by atoms with Crippen molar-refractivity contribution in [1.82, 2.24) is 44.7 Å². The smallest absolute Gasteiger partial charge is 1.00 e. The van der Waals surface area contributed by atoms with Crippen LogP contribution < -0.4 is 29.6 Å². The van der Waals surface area contributed by atoms with Gasteiger partial charge in [0.15, 0.2) is 17.1 Å². The van der Waals surface area contributed by atoms with Gasteiger partial charge in [0, 0.05) is 46.7 Å². The first kappa shape index (κ1) is 52.5. The van der Waals surface area contributed by atoms with E-state index in [1.807, 2.05) is 66.7 Å². The molecule has 3 aromatic carbocycles. The van der Waals surface area contributed by atoms with Gasteiger partial charge >= 0.3 is 47.5 Å². The van der Waals surface area contributed by atoms with Crippen molar-refractivity contribution in [3.63, 3.8) is 0 Å². The first-order valence-electron chi connectivity index (χ1n) is 19.3. The standard InChI is InChI=1S/2C15H9ClN4O2.C10H7Cl2N.C6H5N3O2.Na.H/c1-17-14-6-13(15(21)22)19-20(14)8-9-2-3-12-10(4-9)5-11(16)7-18-12;16-11-4-10-3-9(1-2-13(10)18-7-11)8-20-14(15(21)22)5-12(6-17)19-20;11-5-7-1-2-10-8(3-7)4-9(12)6-13-10;1-7-5-3-4(8-9-5)6(10)11-2;;/h2-7H,8H2,(H,21,22);1-5,7H,8H2,(H,21,22);1-4,6H,5H2;3H,2H3,(H,8,9);;/q;;;;+1;-1. The number of hydrogen-bond acceptors (Lipinski definition) is 11. The number of halogens is 4. The van der Waals surface area contributed by atoms with Crippen LogP contribution in [0.1, 0.15) is 55.3 Å². The number of rotatable bonds is 8. The molecule has 69 heavy (non-hydrogen) atoms. The van der Waals surface area contributed by atoms with E-state index in [-0.39, 0.29) is 71.9 Å². The predicted octanol–water partition coefficient (Wildman–Crippen LogP) is 7.58. The van der Waals surface area contributed by atoms with E-state index < -0.39 is 17.9 Å². The fourth-order valence-electron chi connectivity index (χ4n) is 6.15. The van der Waals surface area contributed by atoms with Crippen LogP contribution in [0, 0.1) is 24.5 Å². The number of methoxy groups -OCH3 is 1. The molecule has 0 aliphatic heterocycles. The zero-order valence-corrected chi connectivity index (χ0v) is 41.0. The molecule has 0 fully saturated rings. The van der Waals surface area contributed by atoms with Gasteiger partial charge in [-0.05, 0) is 83.4 Å². The second kappa shape index (κ2) is 24.5. The topological polar surface area (TPSA) is 236 Å². The molecular formula is C46H31Cl4N12NaO6. The van der Waals surface area contributed by atoms with Gasteiger partial charge in [-0.15, -0.1) is 11.6 Å². The van der Waals surface area contributed by atoms with E-state index in [4.69, 9.17) is 75.0 Å². The number of alkyl halides is 1. The summed E-state index contributed by atoms with van der Waals surface area (Å²) in [5, 5.41) is 45.3. The molecule has 9 aromatic rings. The average Bonchev–Trinajstić information content (AvgIpc) is 4.10. The Bertz CT molecular complexity index is 3500. The third kappa shape index (κ3) is 14.1. The number of nitrogens with one attached hydrogen (secondary N) is 1. The van der Waals surface area contributed by atoms with Crippen LogP contribution in [0.4, 0.5) is 11.6 Å². The molecule has 6 heterocycles. The molecule has 0 saturated carbocycles. The minimum atomic E-state index is -1.15. The Morgan fingerprint density at radius 1 is 0.710 bits per heavy atom. The van der Waals surface area contributed by atoms with Crippen LogP contribution in [0.5, 0.6) is 0 Å². The van der Waals surface area contributed by atoms with Crippen LogP contribution in [0.25, 0.3) is 42.4 Å². The summed E-state index contributed by atoms with van der Waals surface area (Å²) in [5.74, 6) is -1.90. The quantitative estimate of drug-likeness (QED) is 0.0577. The van der Waals surface area contributed by atoms with Crippen molar-refractivity contribution in [3.05, 3.63) is 187 Å². The van der Waals surface area contributed by atoms with Gasteiger partial charge in [0.25, 0.3) is 11.6 Å². The van der Waals surface area contributed by atoms with Crippen LogP contribution in [0.2, 0.25) is 15.1 Å². The molecule has 340 valence electrons. The fraction of sp³-hybridized carbons (Fsp3) is 0.0870. The van der Waals surface area contributed by atoms with Gasteiger partial charge in [-0.3, -0.25) is 19.6 Å². The molecule has 0 aliphatic rings. The van der Waals surface area contributed by atoms with E-state index in [1.54, 1.807) is 30.7 Å². The number of aromatic amines is 1. The summed E-state index contributed by atoms with van der Waals surface area (Å²) < 4.78 is 7.03. The molecule has 18 nitrogen and oxygen atoms in total. The maximum absolute atomic E-state index is 11.2. The minimum Gasteiger partial charge on any atom is -1.00 e. The maximum atomic E-state index is 11.2. The molecule has 9 rings (SSSR count).